The largest absolute Gasteiger partial charge is 0.501 e. The molecule has 2 aliphatic heterocycles. The van der Waals surface area contributed by atoms with E-state index in [0.29, 0.717) is 39.0 Å². The number of hydrogen-bond acceptors (Lipinski definition) is 7. The number of rotatable bonds is 4. The molecule has 11 nitrogen and oxygen atoms in total. The fraction of sp³-hybridized carbons (Fsp3) is 0.588. The molecule has 28 heavy (non-hydrogen) atoms. The van der Waals surface area contributed by atoms with E-state index in [1.807, 2.05) is 6.92 Å². The van der Waals surface area contributed by atoms with E-state index in [1.54, 1.807) is 16.7 Å². The number of aromatic hydroxyl groups is 1. The molecule has 11 heteroatoms. The molecule has 0 aliphatic carbocycles. The number of hydrogen-bond donors (Lipinski definition) is 2. The van der Waals surface area contributed by atoms with Crippen molar-refractivity contribution in [3.05, 3.63) is 16.0 Å². The van der Waals surface area contributed by atoms with Crippen molar-refractivity contribution in [3.8, 4) is 5.75 Å². The molecule has 0 radical (unpaired) electrons. The molecule has 2 N–H and O–H groups in total. The van der Waals surface area contributed by atoms with Crippen LogP contribution in [0.1, 0.15) is 37.2 Å². The van der Waals surface area contributed by atoms with Gasteiger partial charge >= 0.3 is 12.0 Å². The predicted molar refractivity (Wildman–Crippen MR) is 97.4 cm³/mol. The summed E-state index contributed by atoms with van der Waals surface area (Å²) >= 11 is 0. The Balaban J connectivity index is 1.93. The van der Waals surface area contributed by atoms with E-state index in [0.717, 1.165) is 4.57 Å². The highest BCUT2D eigenvalue weighted by molar-refractivity contribution is 6.07. The first-order valence-corrected chi connectivity index (χ1v) is 9.11. The molecule has 1 aromatic rings. The molecule has 3 rings (SSSR count). The minimum atomic E-state index is -1.50. The van der Waals surface area contributed by atoms with E-state index >= 15 is 0 Å². The van der Waals surface area contributed by atoms with Crippen molar-refractivity contribution in [2.45, 2.75) is 32.2 Å². The molecule has 2 saturated heterocycles. The maximum atomic E-state index is 12.9. The van der Waals surface area contributed by atoms with Crippen LogP contribution in [0.15, 0.2) is 4.79 Å². The van der Waals surface area contributed by atoms with E-state index in [2.05, 4.69) is 4.98 Å². The standard InChI is InChI=1S/C17H23N5O6/c1-4-21-14(27)17(22(5-2)16(21)28)6-8-20(9-7-17)15-18-10(13(25)26)11(23)12(24)19(15)3/h23H,4-9H2,1-3H3,(H,25,26). The monoisotopic (exact) mass is 393 g/mol. The van der Waals surface area contributed by atoms with Gasteiger partial charge in [-0.2, -0.15) is 0 Å². The first-order chi connectivity index (χ1) is 13.2. The molecule has 1 spiro atoms. The SMILES string of the molecule is CCN1C(=O)N(CC)C2(CCN(c3nc(C(=O)O)c(O)c(=O)n3C)CC2)C1=O. The van der Waals surface area contributed by atoms with Gasteiger partial charge < -0.3 is 20.0 Å². The Hall–Kier alpha value is -3.11. The lowest BCUT2D eigenvalue weighted by Gasteiger charge is -2.42. The van der Waals surface area contributed by atoms with Gasteiger partial charge in [-0.1, -0.05) is 0 Å². The minimum Gasteiger partial charge on any atom is -0.501 e. The Kier molecular flexibility index (Phi) is 4.77. The number of amides is 3. The Labute approximate surface area is 160 Å². The van der Waals surface area contributed by atoms with Crippen LogP contribution in [-0.4, -0.2) is 79.2 Å². The number of carbonyl (C=O) groups is 3. The fourth-order valence-corrected chi connectivity index (χ4v) is 4.07. The Morgan fingerprint density at radius 3 is 2.25 bits per heavy atom. The maximum absolute atomic E-state index is 12.9. The third-order valence-corrected chi connectivity index (χ3v) is 5.57. The highest BCUT2D eigenvalue weighted by atomic mass is 16.4. The van der Waals surface area contributed by atoms with Crippen LogP contribution in [0, 0.1) is 0 Å². The number of nitrogens with zero attached hydrogens (tertiary/aromatic N) is 5. The first kappa shape index (κ1) is 19.6. The van der Waals surface area contributed by atoms with Gasteiger partial charge in [-0.05, 0) is 26.7 Å². The lowest BCUT2D eigenvalue weighted by molar-refractivity contribution is -0.134. The minimum absolute atomic E-state index is 0.0993. The van der Waals surface area contributed by atoms with E-state index in [1.165, 1.54) is 11.9 Å². The summed E-state index contributed by atoms with van der Waals surface area (Å²) in [5.74, 6) is -2.54. The second kappa shape index (κ2) is 6.80. The van der Waals surface area contributed by atoms with Gasteiger partial charge in [0.25, 0.3) is 11.5 Å². The van der Waals surface area contributed by atoms with Crippen molar-refractivity contribution in [2.75, 3.05) is 31.1 Å². The summed E-state index contributed by atoms with van der Waals surface area (Å²) in [6, 6.07) is -0.299. The van der Waals surface area contributed by atoms with E-state index in [4.69, 9.17) is 0 Å². The quantitative estimate of drug-likeness (QED) is 0.673. The molecular formula is C17H23N5O6. The second-order valence-corrected chi connectivity index (χ2v) is 6.87. The molecule has 2 aliphatic rings. The van der Waals surface area contributed by atoms with Gasteiger partial charge in [0.15, 0.2) is 5.69 Å². The lowest BCUT2D eigenvalue weighted by Crippen LogP contribution is -2.57. The number of imide groups is 1. The molecule has 0 aromatic carbocycles. The summed E-state index contributed by atoms with van der Waals surface area (Å²) in [5.41, 5.74) is -2.50. The van der Waals surface area contributed by atoms with Gasteiger partial charge in [-0.15, -0.1) is 0 Å². The molecule has 0 atom stereocenters. The van der Waals surface area contributed by atoms with Crippen molar-refractivity contribution in [1.82, 2.24) is 19.4 Å². The van der Waals surface area contributed by atoms with E-state index in [-0.39, 0.29) is 17.9 Å². The average molecular weight is 393 g/mol. The van der Waals surface area contributed by atoms with Crippen LogP contribution in [0.5, 0.6) is 5.75 Å². The van der Waals surface area contributed by atoms with Crippen LogP contribution < -0.4 is 10.5 Å². The van der Waals surface area contributed by atoms with Crippen molar-refractivity contribution < 1.29 is 24.6 Å². The van der Waals surface area contributed by atoms with Crippen LogP contribution >= 0.6 is 0 Å². The van der Waals surface area contributed by atoms with Gasteiger partial charge in [0.05, 0.1) is 0 Å². The number of carboxylic acid groups (broad SMARTS) is 1. The van der Waals surface area contributed by atoms with Gasteiger partial charge in [0.1, 0.15) is 5.54 Å². The number of urea groups is 1. The molecule has 0 unspecified atom stereocenters. The summed E-state index contributed by atoms with van der Waals surface area (Å²) in [5, 5.41) is 18.9. The number of aromatic nitrogens is 2. The number of likely N-dealkylation sites (N-methyl/N-ethyl adjacent to an activating group) is 2. The van der Waals surface area contributed by atoms with Crippen molar-refractivity contribution in [3.63, 3.8) is 0 Å². The van der Waals surface area contributed by atoms with Gasteiger partial charge in [0, 0.05) is 33.2 Å². The van der Waals surface area contributed by atoms with Crippen LogP contribution in [0.25, 0.3) is 0 Å². The number of carbonyl (C=O) groups excluding carboxylic acids is 2. The lowest BCUT2D eigenvalue weighted by atomic mass is 9.86. The van der Waals surface area contributed by atoms with E-state index < -0.39 is 28.5 Å². The zero-order chi connectivity index (χ0) is 20.8. The highest BCUT2D eigenvalue weighted by Gasteiger charge is 2.57. The van der Waals surface area contributed by atoms with Crippen molar-refractivity contribution in [2.24, 2.45) is 7.05 Å². The summed E-state index contributed by atoms with van der Waals surface area (Å²) in [7, 11) is 1.39. The van der Waals surface area contributed by atoms with Gasteiger partial charge in [-0.25, -0.2) is 14.6 Å². The maximum Gasteiger partial charge on any atom is 0.358 e. The normalized spacial score (nSPS) is 19.0. The molecule has 1 aromatic heterocycles. The fourth-order valence-electron chi connectivity index (χ4n) is 4.07. The molecule has 0 bridgehead atoms. The summed E-state index contributed by atoms with van der Waals surface area (Å²) in [6.07, 6.45) is 0.669. The molecule has 3 amide bonds. The third-order valence-electron chi connectivity index (χ3n) is 5.57. The van der Waals surface area contributed by atoms with Gasteiger partial charge in [0.2, 0.25) is 11.7 Å². The summed E-state index contributed by atoms with van der Waals surface area (Å²) in [4.78, 5) is 57.3. The molecule has 0 saturated carbocycles. The van der Waals surface area contributed by atoms with Crippen LogP contribution in [-0.2, 0) is 11.8 Å². The van der Waals surface area contributed by atoms with Crippen molar-refractivity contribution >= 4 is 23.9 Å². The van der Waals surface area contributed by atoms with Crippen LogP contribution in [0.2, 0.25) is 0 Å². The molecule has 152 valence electrons. The second-order valence-electron chi connectivity index (χ2n) is 6.87. The molecule has 3 heterocycles. The topological polar surface area (TPSA) is 136 Å². The Bertz CT molecular complexity index is 902. The zero-order valence-electron chi connectivity index (χ0n) is 16.0. The average Bonchev–Trinajstić information content (AvgIpc) is 2.86. The van der Waals surface area contributed by atoms with E-state index in [9.17, 15) is 29.4 Å². The van der Waals surface area contributed by atoms with Crippen LogP contribution in [0.3, 0.4) is 0 Å². The molecule has 2 fully saturated rings. The smallest absolute Gasteiger partial charge is 0.358 e. The summed E-state index contributed by atoms with van der Waals surface area (Å²) in [6.45, 7) is 4.88. The highest BCUT2D eigenvalue weighted by Crippen LogP contribution is 2.37. The zero-order valence-corrected chi connectivity index (χ0v) is 16.0. The predicted octanol–water partition coefficient (Wildman–Crippen LogP) is -0.173. The number of carboxylic acids is 1. The first-order valence-electron chi connectivity index (χ1n) is 9.11. The number of aromatic carboxylic acids is 1. The van der Waals surface area contributed by atoms with Gasteiger partial charge in [-0.3, -0.25) is 19.1 Å². The Morgan fingerprint density at radius 1 is 1.14 bits per heavy atom. The number of piperidine rings is 1. The number of anilines is 1. The Morgan fingerprint density at radius 2 is 1.75 bits per heavy atom. The van der Waals surface area contributed by atoms with Crippen molar-refractivity contribution in [1.29, 1.82) is 0 Å². The third kappa shape index (κ3) is 2.60. The van der Waals surface area contributed by atoms with Crippen LogP contribution in [0.4, 0.5) is 10.7 Å². The molecular weight excluding hydrogens is 370 g/mol. The summed E-state index contributed by atoms with van der Waals surface area (Å²) < 4.78 is 1.08.